The zero-order chi connectivity index (χ0) is 11.8. The van der Waals surface area contributed by atoms with Gasteiger partial charge in [-0.05, 0) is 19.1 Å². The molecular formula is C11H11F3O2. The van der Waals surface area contributed by atoms with Crippen molar-refractivity contribution in [2.45, 2.75) is 18.9 Å². The first-order valence-electron chi connectivity index (χ1n) is 4.87. The monoisotopic (exact) mass is 232 g/mol. The molecule has 1 aliphatic heterocycles. The number of halogens is 3. The van der Waals surface area contributed by atoms with Crippen LogP contribution in [0.25, 0.3) is 0 Å². The van der Waals surface area contributed by atoms with E-state index in [4.69, 9.17) is 9.47 Å². The molecule has 0 spiro atoms. The quantitative estimate of drug-likeness (QED) is 0.741. The fourth-order valence-electron chi connectivity index (χ4n) is 1.64. The molecule has 2 nitrogen and oxygen atoms in total. The minimum absolute atomic E-state index is 0.456. The van der Waals surface area contributed by atoms with E-state index in [9.17, 15) is 13.2 Å². The van der Waals surface area contributed by atoms with Crippen molar-refractivity contribution in [1.29, 1.82) is 0 Å². The number of rotatable bonds is 1. The van der Waals surface area contributed by atoms with Crippen LogP contribution >= 0.6 is 0 Å². The normalized spacial score (nSPS) is 20.0. The van der Waals surface area contributed by atoms with Crippen LogP contribution in [0.3, 0.4) is 0 Å². The van der Waals surface area contributed by atoms with Gasteiger partial charge in [0.05, 0.1) is 18.8 Å². The van der Waals surface area contributed by atoms with Crippen molar-refractivity contribution in [2.75, 3.05) is 13.2 Å². The maximum atomic E-state index is 12.3. The minimum atomic E-state index is -4.31. The number of hydrogen-bond acceptors (Lipinski definition) is 2. The molecule has 88 valence electrons. The Kier molecular flexibility index (Phi) is 2.67. The van der Waals surface area contributed by atoms with Crippen molar-refractivity contribution in [2.24, 2.45) is 0 Å². The van der Waals surface area contributed by atoms with Crippen molar-refractivity contribution in [3.05, 3.63) is 35.4 Å². The maximum absolute atomic E-state index is 12.3. The van der Waals surface area contributed by atoms with Gasteiger partial charge in [-0.15, -0.1) is 0 Å². The van der Waals surface area contributed by atoms with Crippen molar-refractivity contribution < 1.29 is 22.6 Å². The summed E-state index contributed by atoms with van der Waals surface area (Å²) in [5.74, 6) is -0.913. The highest BCUT2D eigenvalue weighted by Crippen LogP contribution is 2.34. The maximum Gasteiger partial charge on any atom is 0.416 e. The lowest BCUT2D eigenvalue weighted by atomic mass is 10.1. The van der Waals surface area contributed by atoms with Gasteiger partial charge in [0, 0.05) is 5.56 Å². The van der Waals surface area contributed by atoms with Gasteiger partial charge in [0.15, 0.2) is 5.79 Å². The van der Waals surface area contributed by atoms with E-state index in [1.807, 2.05) is 0 Å². The number of alkyl halides is 3. The third kappa shape index (κ3) is 2.05. The fourth-order valence-corrected chi connectivity index (χ4v) is 1.64. The summed E-state index contributed by atoms with van der Waals surface area (Å²) < 4.78 is 47.7. The molecular weight excluding hydrogens is 221 g/mol. The smallest absolute Gasteiger partial charge is 0.344 e. The molecule has 1 aromatic rings. The van der Waals surface area contributed by atoms with Crippen LogP contribution in [0.4, 0.5) is 13.2 Å². The van der Waals surface area contributed by atoms with Gasteiger partial charge < -0.3 is 9.47 Å². The van der Waals surface area contributed by atoms with E-state index >= 15 is 0 Å². The van der Waals surface area contributed by atoms with E-state index in [1.54, 1.807) is 6.92 Å². The molecule has 1 saturated heterocycles. The summed E-state index contributed by atoms with van der Waals surface area (Å²) >= 11 is 0. The highest BCUT2D eigenvalue weighted by atomic mass is 19.4. The van der Waals surface area contributed by atoms with E-state index in [0.29, 0.717) is 18.8 Å². The van der Waals surface area contributed by atoms with Gasteiger partial charge in [-0.2, -0.15) is 13.2 Å². The molecule has 0 amide bonds. The Balaban J connectivity index is 2.26. The summed E-state index contributed by atoms with van der Waals surface area (Å²) in [5, 5.41) is 0. The summed E-state index contributed by atoms with van der Waals surface area (Å²) in [4.78, 5) is 0. The first kappa shape index (κ1) is 11.4. The Morgan fingerprint density at radius 3 is 2.00 bits per heavy atom. The second-order valence-corrected chi connectivity index (χ2v) is 3.72. The molecule has 0 atom stereocenters. The first-order chi connectivity index (χ1) is 7.42. The van der Waals surface area contributed by atoms with Crippen molar-refractivity contribution in [1.82, 2.24) is 0 Å². The standard InChI is InChI=1S/C11H11F3O2/c1-10(15-6-7-16-10)8-2-4-9(5-3-8)11(12,13)14/h2-5H,6-7H2,1H3. The van der Waals surface area contributed by atoms with Crippen LogP contribution in [0.2, 0.25) is 0 Å². The van der Waals surface area contributed by atoms with Crippen LogP contribution in [-0.2, 0) is 21.4 Å². The molecule has 16 heavy (non-hydrogen) atoms. The van der Waals surface area contributed by atoms with Crippen molar-refractivity contribution >= 4 is 0 Å². The summed E-state index contributed by atoms with van der Waals surface area (Å²) in [6, 6.07) is 4.83. The van der Waals surface area contributed by atoms with Crippen LogP contribution < -0.4 is 0 Å². The second-order valence-electron chi connectivity index (χ2n) is 3.72. The SMILES string of the molecule is CC1(c2ccc(C(F)(F)F)cc2)OCCO1. The lowest BCUT2D eigenvalue weighted by Crippen LogP contribution is -2.22. The third-order valence-corrected chi connectivity index (χ3v) is 2.57. The van der Waals surface area contributed by atoms with E-state index in [1.165, 1.54) is 12.1 Å². The molecule has 0 aromatic heterocycles. The van der Waals surface area contributed by atoms with Gasteiger partial charge in [0.2, 0.25) is 0 Å². The Bertz CT molecular complexity index is 364. The summed E-state index contributed by atoms with van der Waals surface area (Å²) in [6.07, 6.45) is -4.31. The van der Waals surface area contributed by atoms with Crippen LogP contribution in [0.15, 0.2) is 24.3 Å². The summed E-state index contributed by atoms with van der Waals surface area (Å²) in [6.45, 7) is 2.61. The van der Waals surface area contributed by atoms with Crippen molar-refractivity contribution in [3.8, 4) is 0 Å². The molecule has 1 aliphatic rings. The predicted octanol–water partition coefficient (Wildman–Crippen LogP) is 2.92. The van der Waals surface area contributed by atoms with Crippen molar-refractivity contribution in [3.63, 3.8) is 0 Å². The molecule has 2 rings (SSSR count). The number of hydrogen-bond donors (Lipinski definition) is 0. The molecule has 0 unspecified atom stereocenters. The Labute approximate surface area is 91.0 Å². The average molecular weight is 232 g/mol. The first-order valence-corrected chi connectivity index (χ1v) is 4.87. The molecule has 0 saturated carbocycles. The lowest BCUT2D eigenvalue weighted by Gasteiger charge is -2.23. The molecule has 0 radical (unpaired) electrons. The van der Waals surface area contributed by atoms with E-state index in [2.05, 4.69) is 0 Å². The van der Waals surface area contributed by atoms with Crippen LogP contribution in [0.1, 0.15) is 18.1 Å². The van der Waals surface area contributed by atoms with E-state index in [-0.39, 0.29) is 0 Å². The van der Waals surface area contributed by atoms with Gasteiger partial charge in [0.1, 0.15) is 0 Å². The van der Waals surface area contributed by atoms with Crippen LogP contribution in [0.5, 0.6) is 0 Å². The summed E-state index contributed by atoms with van der Waals surface area (Å²) in [7, 11) is 0. The van der Waals surface area contributed by atoms with Gasteiger partial charge in [-0.3, -0.25) is 0 Å². The minimum Gasteiger partial charge on any atom is -0.344 e. The van der Waals surface area contributed by atoms with E-state index in [0.717, 1.165) is 12.1 Å². The fraction of sp³-hybridized carbons (Fsp3) is 0.455. The average Bonchev–Trinajstić information content (AvgIpc) is 2.66. The number of ether oxygens (including phenoxy) is 2. The predicted molar refractivity (Wildman–Crippen MR) is 50.7 cm³/mol. The molecule has 0 aliphatic carbocycles. The van der Waals surface area contributed by atoms with Gasteiger partial charge >= 0.3 is 6.18 Å². The molecule has 1 fully saturated rings. The third-order valence-electron chi connectivity index (χ3n) is 2.57. The highest BCUT2D eigenvalue weighted by Gasteiger charge is 2.35. The zero-order valence-electron chi connectivity index (χ0n) is 8.67. The van der Waals surface area contributed by atoms with Gasteiger partial charge in [0.25, 0.3) is 0 Å². The number of benzene rings is 1. The van der Waals surface area contributed by atoms with Gasteiger partial charge in [-0.1, -0.05) is 12.1 Å². The van der Waals surface area contributed by atoms with Crippen LogP contribution in [0, 0.1) is 0 Å². The highest BCUT2D eigenvalue weighted by molar-refractivity contribution is 5.27. The molecule has 1 heterocycles. The zero-order valence-corrected chi connectivity index (χ0v) is 8.67. The lowest BCUT2D eigenvalue weighted by molar-refractivity contribution is -0.150. The Hall–Kier alpha value is -1.07. The molecule has 0 bridgehead atoms. The molecule has 0 N–H and O–H groups in total. The van der Waals surface area contributed by atoms with Crippen LogP contribution in [-0.4, -0.2) is 13.2 Å². The Morgan fingerprint density at radius 1 is 1.06 bits per heavy atom. The molecule has 1 aromatic carbocycles. The second kappa shape index (κ2) is 3.75. The Morgan fingerprint density at radius 2 is 1.56 bits per heavy atom. The largest absolute Gasteiger partial charge is 0.416 e. The van der Waals surface area contributed by atoms with E-state index < -0.39 is 17.5 Å². The molecule has 5 heteroatoms. The summed E-state index contributed by atoms with van der Waals surface area (Å²) in [5.41, 5.74) is -0.0733. The topological polar surface area (TPSA) is 18.5 Å². The van der Waals surface area contributed by atoms with Gasteiger partial charge in [-0.25, -0.2) is 0 Å².